The number of hydrogen-bond donors (Lipinski definition) is 1. The molecule has 0 bridgehead atoms. The number of anilines is 2. The van der Waals surface area contributed by atoms with E-state index in [9.17, 15) is 9.59 Å². The van der Waals surface area contributed by atoms with Gasteiger partial charge in [-0.15, -0.1) is 0 Å². The van der Waals surface area contributed by atoms with Crippen LogP contribution in [0.15, 0.2) is 36.4 Å². The second-order valence-electron chi connectivity index (χ2n) is 11.4. The summed E-state index contributed by atoms with van der Waals surface area (Å²) in [6.45, 7) is 12.3. The molecule has 0 fully saturated rings. The van der Waals surface area contributed by atoms with Crippen LogP contribution >= 0.6 is 0 Å². The van der Waals surface area contributed by atoms with Crippen molar-refractivity contribution in [2.24, 2.45) is 11.8 Å². The first-order valence-electron chi connectivity index (χ1n) is 15.5. The number of nitrogens with zero attached hydrogens (tertiary/aromatic N) is 5. The number of carbonyl (C=O) groups is 2. The third kappa shape index (κ3) is 8.40. The molecule has 46 heavy (non-hydrogen) atoms. The van der Waals surface area contributed by atoms with Crippen LogP contribution in [0.2, 0.25) is 0 Å². The van der Waals surface area contributed by atoms with Crippen LogP contribution in [0.25, 0.3) is 4.85 Å². The number of aryl methyl sites for hydroxylation is 2. The Morgan fingerprint density at radius 2 is 1.80 bits per heavy atom. The van der Waals surface area contributed by atoms with Crippen molar-refractivity contribution in [2.45, 2.75) is 67.3 Å². The van der Waals surface area contributed by atoms with Gasteiger partial charge in [0.05, 0.1) is 40.9 Å². The summed E-state index contributed by atoms with van der Waals surface area (Å²) in [5, 5.41) is 12.4. The van der Waals surface area contributed by atoms with E-state index in [0.717, 1.165) is 40.9 Å². The van der Waals surface area contributed by atoms with Crippen LogP contribution in [0.1, 0.15) is 74.0 Å². The molecule has 10 heteroatoms. The molecule has 2 amide bonds. The average Bonchev–Trinajstić information content (AvgIpc) is 3.03. The van der Waals surface area contributed by atoms with Crippen molar-refractivity contribution in [2.75, 3.05) is 18.5 Å². The Bertz CT molecular complexity index is 1750. The Morgan fingerprint density at radius 1 is 1.09 bits per heavy atom. The lowest BCUT2D eigenvalue weighted by molar-refractivity contribution is -0.135. The monoisotopic (exact) mass is 619 g/mol. The van der Waals surface area contributed by atoms with Crippen molar-refractivity contribution < 1.29 is 19.1 Å². The number of rotatable bonds is 8. The van der Waals surface area contributed by atoms with Gasteiger partial charge in [-0.25, -0.2) is 4.98 Å². The van der Waals surface area contributed by atoms with Gasteiger partial charge in [0.2, 0.25) is 17.7 Å². The predicted octanol–water partition coefficient (Wildman–Crippen LogP) is 7.30. The maximum atomic E-state index is 13.7. The molecule has 4 rings (SSSR count). The number of carbonyl (C=O) groups excluding carboxylic acids is 2. The largest absolute Gasteiger partial charge is 0.728 e. The summed E-state index contributed by atoms with van der Waals surface area (Å²) < 4.78 is 11.4. The van der Waals surface area contributed by atoms with Gasteiger partial charge in [-0.3, -0.25) is 4.79 Å². The number of fused-ring (bicyclic) bond motifs is 1. The molecule has 236 valence electrons. The lowest BCUT2D eigenvalue weighted by Crippen LogP contribution is -2.41. The van der Waals surface area contributed by atoms with Gasteiger partial charge in [0, 0.05) is 30.6 Å². The van der Waals surface area contributed by atoms with E-state index in [1.807, 2.05) is 39.8 Å². The predicted molar refractivity (Wildman–Crippen MR) is 176 cm³/mol. The Balaban J connectivity index is 1.71. The molecule has 0 radical (unpaired) electrons. The van der Waals surface area contributed by atoms with Crippen LogP contribution in [0.4, 0.5) is 16.4 Å². The lowest BCUT2D eigenvalue weighted by atomic mass is 9.94. The normalized spacial score (nSPS) is 12.4. The van der Waals surface area contributed by atoms with E-state index in [0.29, 0.717) is 41.7 Å². The number of nitriles is 1. The highest BCUT2D eigenvalue weighted by Gasteiger charge is 2.35. The van der Waals surface area contributed by atoms with Crippen molar-refractivity contribution in [3.05, 3.63) is 74.8 Å². The second kappa shape index (κ2) is 15.5. The van der Waals surface area contributed by atoms with Gasteiger partial charge in [-0.05, 0) is 80.6 Å². The molecular formula is C36H39N6O4+. The van der Waals surface area contributed by atoms with E-state index in [2.05, 4.69) is 41.1 Å². The third-order valence-corrected chi connectivity index (χ3v) is 7.37. The summed E-state index contributed by atoms with van der Waals surface area (Å²) >= 11 is 0. The Kier molecular flexibility index (Phi) is 11.3. The van der Waals surface area contributed by atoms with E-state index in [4.69, 9.17) is 24.7 Å². The maximum Gasteiger partial charge on any atom is 0.728 e. The zero-order valence-corrected chi connectivity index (χ0v) is 27.2. The van der Waals surface area contributed by atoms with Gasteiger partial charge in [-0.2, -0.15) is 15.0 Å². The highest BCUT2D eigenvalue weighted by Crippen LogP contribution is 2.35. The van der Waals surface area contributed by atoms with Crippen LogP contribution in [0.3, 0.4) is 0 Å². The first-order chi connectivity index (χ1) is 22.1. The number of benzene rings is 2. The maximum absolute atomic E-state index is 13.7. The number of unbranched alkanes of at least 4 members (excludes halogenated alkanes) is 1. The zero-order valence-electron chi connectivity index (χ0n) is 27.2. The fourth-order valence-corrected chi connectivity index (χ4v) is 5.00. The SMILES string of the molecule is CCCC#Cc1cc(C)c(Oc2nc(Nc3ccc(C#N)cc3)nc3c2CN(C(=O)C(C#[N+]C(=O)OCC)C(C)C)CC3)c(C)c1. The number of hydrogen-bond acceptors (Lipinski definition) is 8. The first-order valence-corrected chi connectivity index (χ1v) is 15.5. The standard InChI is InChI=1S/C36H39N6O4/c1-7-9-10-11-27-18-24(5)32(25(6)19-27)46-33-30-22-42(34(43)29(23(3)4)21-38-36(44)45-8-2)17-16-31(30)40-35(41-33)39-28-14-12-26(20-37)13-15-28/h12-15,18-19,23,29H,7-9,16-17,22H2,1-6H3,(H,39,40,41)/q+1. The molecule has 1 atom stereocenters. The fourth-order valence-electron chi connectivity index (χ4n) is 5.00. The van der Waals surface area contributed by atoms with Gasteiger partial charge < -0.3 is 19.7 Å². The zero-order chi connectivity index (χ0) is 33.2. The number of aromatic nitrogens is 2. The molecule has 1 unspecified atom stereocenters. The molecule has 1 aromatic heterocycles. The van der Waals surface area contributed by atoms with Gasteiger partial charge in [0.15, 0.2) is 5.92 Å². The Labute approximate surface area is 270 Å². The topological polar surface area (TPSA) is 122 Å². The summed E-state index contributed by atoms with van der Waals surface area (Å²) in [5.74, 6) is 6.66. The smallest absolute Gasteiger partial charge is 0.438 e. The third-order valence-electron chi connectivity index (χ3n) is 7.37. The van der Waals surface area contributed by atoms with Crippen LogP contribution < -0.4 is 10.1 Å². The van der Waals surface area contributed by atoms with Gasteiger partial charge >= 0.3 is 12.2 Å². The van der Waals surface area contributed by atoms with E-state index >= 15 is 0 Å². The molecule has 3 aromatic rings. The minimum Gasteiger partial charge on any atom is -0.438 e. The molecule has 0 saturated carbocycles. The minimum absolute atomic E-state index is 0.151. The molecule has 0 aliphatic carbocycles. The average molecular weight is 620 g/mol. The molecule has 1 aliphatic heterocycles. The van der Waals surface area contributed by atoms with Crippen molar-refractivity contribution in [3.63, 3.8) is 0 Å². The molecule has 0 spiro atoms. The Morgan fingerprint density at radius 3 is 2.43 bits per heavy atom. The quantitative estimate of drug-likeness (QED) is 0.261. The fraction of sp³-hybridized carbons (Fsp3) is 0.389. The van der Waals surface area contributed by atoms with Gasteiger partial charge in [0.1, 0.15) is 5.75 Å². The molecule has 1 aliphatic rings. The molecular weight excluding hydrogens is 580 g/mol. The minimum atomic E-state index is -0.774. The van der Waals surface area contributed by atoms with Crippen molar-refractivity contribution in [1.82, 2.24) is 14.9 Å². The Hall–Kier alpha value is -5.40. The first kappa shape index (κ1) is 33.5. The van der Waals surface area contributed by atoms with E-state index < -0.39 is 12.0 Å². The molecule has 10 nitrogen and oxygen atoms in total. The van der Waals surface area contributed by atoms with Crippen LogP contribution in [0, 0.1) is 54.9 Å². The highest BCUT2D eigenvalue weighted by molar-refractivity contribution is 5.85. The van der Waals surface area contributed by atoms with Crippen molar-refractivity contribution in [3.8, 4) is 35.6 Å². The van der Waals surface area contributed by atoms with E-state index in [-0.39, 0.29) is 25.0 Å². The highest BCUT2D eigenvalue weighted by atomic mass is 16.5. The molecule has 2 aromatic carbocycles. The summed E-state index contributed by atoms with van der Waals surface area (Å²) in [6, 6.07) is 15.8. The molecule has 2 heterocycles. The second-order valence-corrected chi connectivity index (χ2v) is 11.4. The van der Waals surface area contributed by atoms with Crippen molar-refractivity contribution >= 4 is 23.6 Å². The van der Waals surface area contributed by atoms with Gasteiger partial charge in [0.25, 0.3) is 0 Å². The van der Waals surface area contributed by atoms with Crippen LogP contribution in [0.5, 0.6) is 11.6 Å². The number of nitrogens with one attached hydrogen (secondary N) is 1. The summed E-state index contributed by atoms with van der Waals surface area (Å²) in [4.78, 5) is 40.6. The summed E-state index contributed by atoms with van der Waals surface area (Å²) in [7, 11) is 0. The molecule has 0 saturated heterocycles. The van der Waals surface area contributed by atoms with Crippen molar-refractivity contribution in [1.29, 1.82) is 5.26 Å². The summed E-state index contributed by atoms with van der Waals surface area (Å²) in [6.07, 6.45) is 1.52. The van der Waals surface area contributed by atoms with E-state index in [1.54, 1.807) is 36.1 Å². The van der Waals surface area contributed by atoms with Crippen LogP contribution in [-0.4, -0.2) is 40.0 Å². The number of amides is 2. The lowest BCUT2D eigenvalue weighted by Gasteiger charge is -2.31. The summed E-state index contributed by atoms with van der Waals surface area (Å²) in [5.41, 5.74) is 5.44. The van der Waals surface area contributed by atoms with Crippen LogP contribution in [-0.2, 0) is 22.5 Å². The van der Waals surface area contributed by atoms with E-state index in [1.165, 1.54) is 0 Å². The van der Waals surface area contributed by atoms with Gasteiger partial charge in [-0.1, -0.05) is 32.6 Å². The number of ether oxygens (including phenoxy) is 2. The molecule has 1 N–H and O–H groups in total.